The lowest BCUT2D eigenvalue weighted by Gasteiger charge is -2.25. The fourth-order valence-corrected chi connectivity index (χ4v) is 3.93. The molecule has 0 radical (unpaired) electrons. The molecule has 1 aliphatic carbocycles. The molecule has 0 amide bonds. The van der Waals surface area contributed by atoms with Crippen LogP contribution in [0.5, 0.6) is 0 Å². The average Bonchev–Trinajstić information content (AvgIpc) is 2.57. The van der Waals surface area contributed by atoms with Gasteiger partial charge >= 0.3 is 0 Å². The fourth-order valence-electron chi connectivity index (χ4n) is 3.29. The Hall–Kier alpha value is -1.22. The van der Waals surface area contributed by atoms with Gasteiger partial charge < -0.3 is 0 Å². The predicted molar refractivity (Wildman–Crippen MR) is 111 cm³/mol. The van der Waals surface area contributed by atoms with Crippen LogP contribution in [-0.4, -0.2) is 0 Å². The zero-order valence-electron chi connectivity index (χ0n) is 16.1. The van der Waals surface area contributed by atoms with Gasteiger partial charge in [0.05, 0.1) is 0 Å². The van der Waals surface area contributed by atoms with Crippen molar-refractivity contribution in [2.24, 2.45) is 11.8 Å². The predicted octanol–water partition coefficient (Wildman–Crippen LogP) is 7.67. The van der Waals surface area contributed by atoms with E-state index in [0.29, 0.717) is 5.92 Å². The van der Waals surface area contributed by atoms with Crippen molar-refractivity contribution in [1.29, 1.82) is 0 Å². The number of benzene rings is 1. The molecule has 0 spiro atoms. The lowest BCUT2D eigenvalue weighted by atomic mass is 9.80. The second kappa shape index (κ2) is 21.1. The molecule has 1 aromatic rings. The van der Waals surface area contributed by atoms with Crippen LogP contribution in [0.25, 0.3) is 0 Å². The summed E-state index contributed by atoms with van der Waals surface area (Å²) in [5.74, 6) is 5.12. The molecule has 0 saturated heterocycles. The van der Waals surface area contributed by atoms with Crippen LogP contribution in [0.2, 0.25) is 0 Å². The Morgan fingerprint density at radius 3 is 2.00 bits per heavy atom. The maximum atomic E-state index is 3.49. The summed E-state index contributed by atoms with van der Waals surface area (Å²) in [6, 6.07) is 10.5. The van der Waals surface area contributed by atoms with Crippen molar-refractivity contribution >= 4 is 11.8 Å². The molecular weight excluding hydrogens is 379 g/mol. The molecule has 1 aliphatic rings. The summed E-state index contributed by atoms with van der Waals surface area (Å²) in [7, 11) is 0. The summed E-state index contributed by atoms with van der Waals surface area (Å²) < 4.78 is 0. The molecule has 1 aromatic carbocycles. The highest BCUT2D eigenvalue weighted by atomic mass is 32.2. The highest BCUT2D eigenvalue weighted by Crippen LogP contribution is 2.32. The monoisotopic (exact) mass is 414 g/mol. The number of rotatable bonds is 7. The molecule has 1 saturated carbocycles. The standard InChI is InChI=1S/C21H30S.5FH/c1-2-3-4-5-7-10-19-13-15-20(16-14-19)17-18-22-21-11-8-6-9-12-21;;;;;/h6,8-9,11-12,19-20H,2-5,7,10,13-16H2,1H3;5*1H. The Balaban J connectivity index is -0.000000529. The topological polar surface area (TPSA) is 0 Å². The Labute approximate surface area is 165 Å². The van der Waals surface area contributed by atoms with Crippen LogP contribution in [0.3, 0.4) is 0 Å². The van der Waals surface area contributed by atoms with Gasteiger partial charge in [0.1, 0.15) is 0 Å². The average molecular weight is 415 g/mol. The highest BCUT2D eigenvalue weighted by Gasteiger charge is 2.19. The summed E-state index contributed by atoms with van der Waals surface area (Å²) in [6.07, 6.45) is 14.0. The second-order valence-electron chi connectivity index (χ2n) is 6.58. The van der Waals surface area contributed by atoms with E-state index < -0.39 is 0 Å². The van der Waals surface area contributed by atoms with E-state index in [0.717, 1.165) is 5.92 Å². The van der Waals surface area contributed by atoms with Crippen LogP contribution in [0.1, 0.15) is 71.1 Å². The molecule has 0 aliphatic heterocycles. The van der Waals surface area contributed by atoms with Crippen LogP contribution in [-0.2, 0) is 0 Å². The third-order valence-corrected chi connectivity index (χ3v) is 5.47. The van der Waals surface area contributed by atoms with Crippen LogP contribution < -0.4 is 0 Å². The van der Waals surface area contributed by atoms with Crippen molar-refractivity contribution in [2.45, 2.75) is 76.0 Å². The largest absolute Gasteiger partial charge is 0.269 e. The van der Waals surface area contributed by atoms with E-state index in [9.17, 15) is 0 Å². The van der Waals surface area contributed by atoms with E-state index in [2.05, 4.69) is 48.4 Å². The van der Waals surface area contributed by atoms with Crippen LogP contribution >= 0.6 is 11.8 Å². The Kier molecular flexibility index (Phi) is 26.1. The Bertz CT molecular complexity index is 464. The first-order chi connectivity index (χ1) is 10.9. The second-order valence-corrected chi connectivity index (χ2v) is 7.46. The number of hydrogen-bond acceptors (Lipinski definition) is 1. The van der Waals surface area contributed by atoms with Gasteiger partial charge in [-0.25, -0.2) is 0 Å². The molecule has 1 fully saturated rings. The van der Waals surface area contributed by atoms with E-state index in [4.69, 9.17) is 0 Å². The van der Waals surface area contributed by atoms with Crippen LogP contribution in [0.4, 0.5) is 23.5 Å². The van der Waals surface area contributed by atoms with Crippen LogP contribution in [0.15, 0.2) is 35.2 Å². The number of thioether (sulfide) groups is 1. The van der Waals surface area contributed by atoms with Crippen molar-refractivity contribution in [1.82, 2.24) is 0 Å². The van der Waals surface area contributed by atoms with E-state index in [-0.39, 0.29) is 23.5 Å². The zero-order chi connectivity index (χ0) is 15.5. The number of hydrogen-bond donors (Lipinski definition) is 0. The van der Waals surface area contributed by atoms with Crippen molar-refractivity contribution in [3.8, 4) is 11.2 Å². The quantitative estimate of drug-likeness (QED) is 0.191. The third kappa shape index (κ3) is 14.5. The first-order valence-corrected chi connectivity index (χ1v) is 9.92. The van der Waals surface area contributed by atoms with Crippen molar-refractivity contribution < 1.29 is 23.5 Å². The van der Waals surface area contributed by atoms with E-state index in [1.807, 2.05) is 0 Å². The van der Waals surface area contributed by atoms with Gasteiger partial charge in [-0.15, -0.1) is 0 Å². The van der Waals surface area contributed by atoms with Gasteiger partial charge in [-0.2, -0.15) is 0 Å². The molecule has 0 atom stereocenters. The molecule has 0 unspecified atom stereocenters. The molecule has 0 nitrogen and oxygen atoms in total. The summed E-state index contributed by atoms with van der Waals surface area (Å²) >= 11 is 1.68. The lowest BCUT2D eigenvalue weighted by Crippen LogP contribution is -2.13. The van der Waals surface area contributed by atoms with Crippen LogP contribution in [0, 0.1) is 23.0 Å². The van der Waals surface area contributed by atoms with E-state index in [1.165, 1.54) is 69.1 Å². The van der Waals surface area contributed by atoms with Gasteiger partial charge in [-0.1, -0.05) is 69.6 Å². The normalized spacial score (nSPS) is 17.2. The first kappa shape index (κ1) is 33.4. The molecular formula is C21H35F5S. The minimum absolute atomic E-state index is 0. The molecule has 0 N–H and O–H groups in total. The van der Waals surface area contributed by atoms with Crippen molar-refractivity contribution in [3.63, 3.8) is 0 Å². The fraction of sp³-hybridized carbons (Fsp3) is 0.619. The Morgan fingerprint density at radius 2 is 1.41 bits per heavy atom. The lowest BCUT2D eigenvalue weighted by molar-refractivity contribution is 0.294. The number of unbranched alkanes of at least 4 members (excludes halogenated alkanes) is 4. The van der Waals surface area contributed by atoms with Gasteiger partial charge in [0.2, 0.25) is 0 Å². The third-order valence-electron chi connectivity index (χ3n) is 4.74. The summed E-state index contributed by atoms with van der Waals surface area (Å²) in [5, 5.41) is 3.32. The summed E-state index contributed by atoms with van der Waals surface area (Å²) in [4.78, 5) is 1.26. The number of halogens is 5. The van der Waals surface area contributed by atoms with Crippen molar-refractivity contribution in [3.05, 3.63) is 30.3 Å². The maximum Gasteiger partial charge on any atom is 0.0212 e. The van der Waals surface area contributed by atoms with Crippen molar-refractivity contribution in [2.75, 3.05) is 0 Å². The van der Waals surface area contributed by atoms with E-state index >= 15 is 0 Å². The zero-order valence-corrected chi connectivity index (χ0v) is 16.9. The first-order valence-electron chi connectivity index (χ1n) is 9.11. The van der Waals surface area contributed by atoms with Gasteiger partial charge in [-0.3, -0.25) is 23.5 Å². The molecule has 160 valence electrons. The SMILES string of the molecule is CCCCCCCC1CCC(C#CSc2ccccc2)CC1.F.F.F.F.F. The summed E-state index contributed by atoms with van der Waals surface area (Å²) in [6.45, 7) is 2.29. The molecule has 6 heteroatoms. The van der Waals surface area contributed by atoms with Gasteiger partial charge in [0.15, 0.2) is 0 Å². The molecule has 0 aromatic heterocycles. The minimum atomic E-state index is 0. The molecule has 27 heavy (non-hydrogen) atoms. The minimum Gasteiger partial charge on any atom is -0.269 e. The van der Waals surface area contributed by atoms with Gasteiger partial charge in [0.25, 0.3) is 0 Å². The smallest absolute Gasteiger partial charge is 0.0212 e. The van der Waals surface area contributed by atoms with Gasteiger partial charge in [-0.05, 0) is 60.7 Å². The molecule has 0 bridgehead atoms. The summed E-state index contributed by atoms with van der Waals surface area (Å²) in [5.41, 5.74) is 0. The molecule has 0 heterocycles. The maximum absolute atomic E-state index is 3.49. The Morgan fingerprint density at radius 1 is 0.815 bits per heavy atom. The highest BCUT2D eigenvalue weighted by molar-refractivity contribution is 8.03. The van der Waals surface area contributed by atoms with Gasteiger partial charge in [0, 0.05) is 10.8 Å². The van der Waals surface area contributed by atoms with E-state index in [1.54, 1.807) is 11.8 Å². The molecule has 2 rings (SSSR count).